The van der Waals surface area contributed by atoms with E-state index in [9.17, 15) is 0 Å². The average molecular weight is 184 g/mol. The molecule has 2 N–H and O–H groups in total. The lowest BCUT2D eigenvalue weighted by Crippen LogP contribution is -2.54. The average Bonchev–Trinajstić information content (AvgIpc) is 2.48. The van der Waals surface area contributed by atoms with E-state index in [0.717, 1.165) is 13.0 Å². The fourth-order valence-electron chi connectivity index (χ4n) is 2.85. The summed E-state index contributed by atoms with van der Waals surface area (Å²) in [5, 5.41) is 12.7. The molecule has 2 unspecified atom stereocenters. The molecule has 0 aromatic rings. The van der Waals surface area contributed by atoms with Gasteiger partial charge < -0.3 is 15.3 Å². The van der Waals surface area contributed by atoms with Gasteiger partial charge in [-0.2, -0.15) is 0 Å². The van der Waals surface area contributed by atoms with E-state index in [1.165, 1.54) is 25.8 Å². The molecule has 76 valence electrons. The van der Waals surface area contributed by atoms with Crippen molar-refractivity contribution in [3.8, 4) is 0 Å². The predicted molar refractivity (Wildman–Crippen MR) is 52.7 cm³/mol. The van der Waals surface area contributed by atoms with Gasteiger partial charge in [-0.1, -0.05) is 0 Å². The van der Waals surface area contributed by atoms with Gasteiger partial charge in [-0.25, -0.2) is 0 Å². The van der Waals surface area contributed by atoms with E-state index < -0.39 is 0 Å². The van der Waals surface area contributed by atoms with Crippen LogP contribution in [0.25, 0.3) is 0 Å². The molecule has 2 saturated heterocycles. The molecule has 2 heterocycles. The molecular formula is C10H20N2O. The maximum atomic E-state index is 9.07. The molecule has 2 rings (SSSR count). The van der Waals surface area contributed by atoms with Crippen LogP contribution in [0.15, 0.2) is 0 Å². The van der Waals surface area contributed by atoms with Crippen LogP contribution in [0.3, 0.4) is 0 Å². The second kappa shape index (κ2) is 3.56. The van der Waals surface area contributed by atoms with Gasteiger partial charge in [-0.05, 0) is 39.3 Å². The molecular weight excluding hydrogens is 164 g/mol. The molecule has 0 amide bonds. The summed E-state index contributed by atoms with van der Waals surface area (Å²) in [5.74, 6) is 0. The highest BCUT2D eigenvalue weighted by Gasteiger charge is 2.40. The Bertz CT molecular complexity index is 186. The molecule has 0 bridgehead atoms. The van der Waals surface area contributed by atoms with Crippen molar-refractivity contribution in [2.75, 3.05) is 26.7 Å². The number of hydrogen-bond donors (Lipinski definition) is 2. The lowest BCUT2D eigenvalue weighted by atomic mass is 9.88. The van der Waals surface area contributed by atoms with E-state index in [1.54, 1.807) is 0 Å². The van der Waals surface area contributed by atoms with Gasteiger partial charge in [0.05, 0.1) is 6.61 Å². The van der Waals surface area contributed by atoms with Gasteiger partial charge in [0.25, 0.3) is 0 Å². The minimum absolute atomic E-state index is 0.297. The summed E-state index contributed by atoms with van der Waals surface area (Å²) in [6.07, 6.45) is 4.96. The standard InChI is InChI=1S/C10H20N2O/c1-12-6-2-4-10(8-12)5-3-9(7-13)11-10/h9,11,13H,2-8H2,1H3. The number of piperidine rings is 1. The zero-order valence-corrected chi connectivity index (χ0v) is 8.42. The zero-order valence-electron chi connectivity index (χ0n) is 8.42. The number of likely N-dealkylation sites (N-methyl/N-ethyl adjacent to an activating group) is 1. The van der Waals surface area contributed by atoms with Gasteiger partial charge >= 0.3 is 0 Å². The summed E-state index contributed by atoms with van der Waals surface area (Å²) >= 11 is 0. The van der Waals surface area contributed by atoms with Crippen LogP contribution in [0, 0.1) is 0 Å². The molecule has 0 aromatic carbocycles. The van der Waals surface area contributed by atoms with Gasteiger partial charge in [0.2, 0.25) is 0 Å². The number of aliphatic hydroxyl groups excluding tert-OH is 1. The monoisotopic (exact) mass is 184 g/mol. The molecule has 0 aliphatic carbocycles. The quantitative estimate of drug-likeness (QED) is 0.611. The largest absolute Gasteiger partial charge is 0.395 e. The molecule has 0 radical (unpaired) electrons. The number of nitrogens with one attached hydrogen (secondary N) is 1. The number of likely N-dealkylation sites (tertiary alicyclic amines) is 1. The summed E-state index contributed by atoms with van der Waals surface area (Å²) in [4.78, 5) is 2.40. The Morgan fingerprint density at radius 3 is 3.00 bits per heavy atom. The molecule has 2 fully saturated rings. The maximum Gasteiger partial charge on any atom is 0.0584 e. The Morgan fingerprint density at radius 1 is 1.54 bits per heavy atom. The van der Waals surface area contributed by atoms with Crippen molar-refractivity contribution in [2.45, 2.75) is 37.3 Å². The fourth-order valence-corrected chi connectivity index (χ4v) is 2.85. The molecule has 2 aliphatic heterocycles. The molecule has 3 nitrogen and oxygen atoms in total. The number of nitrogens with zero attached hydrogens (tertiary/aromatic N) is 1. The first kappa shape index (κ1) is 9.44. The third kappa shape index (κ3) is 1.87. The van der Waals surface area contributed by atoms with Crippen LogP contribution in [0.5, 0.6) is 0 Å². The van der Waals surface area contributed by atoms with Crippen LogP contribution in [0.4, 0.5) is 0 Å². The maximum absolute atomic E-state index is 9.07. The van der Waals surface area contributed by atoms with Gasteiger partial charge in [0, 0.05) is 18.1 Å². The summed E-state index contributed by atoms with van der Waals surface area (Å²) in [7, 11) is 2.19. The highest BCUT2D eigenvalue weighted by atomic mass is 16.3. The summed E-state index contributed by atoms with van der Waals surface area (Å²) < 4.78 is 0. The van der Waals surface area contributed by atoms with Crippen molar-refractivity contribution in [3.05, 3.63) is 0 Å². The predicted octanol–water partition coefficient (Wildman–Crippen LogP) is 0.195. The molecule has 0 saturated carbocycles. The molecule has 2 aliphatic rings. The van der Waals surface area contributed by atoms with Gasteiger partial charge in [0.15, 0.2) is 0 Å². The van der Waals surface area contributed by atoms with E-state index in [0.29, 0.717) is 18.2 Å². The third-order valence-corrected chi connectivity index (χ3v) is 3.47. The van der Waals surface area contributed by atoms with Crippen molar-refractivity contribution in [1.29, 1.82) is 0 Å². The zero-order chi connectivity index (χ0) is 9.31. The minimum Gasteiger partial charge on any atom is -0.395 e. The van der Waals surface area contributed by atoms with Crippen LogP contribution in [0.1, 0.15) is 25.7 Å². The van der Waals surface area contributed by atoms with Crippen molar-refractivity contribution in [2.24, 2.45) is 0 Å². The van der Waals surface area contributed by atoms with Crippen LogP contribution in [0.2, 0.25) is 0 Å². The first-order chi connectivity index (χ1) is 6.24. The molecule has 3 heteroatoms. The van der Waals surface area contributed by atoms with Crippen molar-refractivity contribution < 1.29 is 5.11 Å². The van der Waals surface area contributed by atoms with Gasteiger partial charge in [-0.3, -0.25) is 0 Å². The van der Waals surface area contributed by atoms with Crippen molar-refractivity contribution >= 4 is 0 Å². The smallest absolute Gasteiger partial charge is 0.0584 e. The highest BCUT2D eigenvalue weighted by Crippen LogP contribution is 2.31. The van der Waals surface area contributed by atoms with E-state index in [4.69, 9.17) is 5.11 Å². The first-order valence-corrected chi connectivity index (χ1v) is 5.31. The van der Waals surface area contributed by atoms with Crippen molar-refractivity contribution in [3.63, 3.8) is 0 Å². The Kier molecular flexibility index (Phi) is 2.58. The van der Waals surface area contributed by atoms with E-state index in [-0.39, 0.29) is 0 Å². The SMILES string of the molecule is CN1CCCC2(CCC(CO)N2)C1. The first-order valence-electron chi connectivity index (χ1n) is 5.31. The number of aliphatic hydroxyl groups is 1. The lowest BCUT2D eigenvalue weighted by molar-refractivity contribution is 0.149. The van der Waals surface area contributed by atoms with Crippen LogP contribution in [-0.2, 0) is 0 Å². The third-order valence-electron chi connectivity index (χ3n) is 3.47. The molecule has 13 heavy (non-hydrogen) atoms. The van der Waals surface area contributed by atoms with E-state index in [2.05, 4.69) is 17.3 Å². The Labute approximate surface area is 80.1 Å². The second-order valence-electron chi connectivity index (χ2n) is 4.68. The van der Waals surface area contributed by atoms with Crippen LogP contribution < -0.4 is 5.32 Å². The van der Waals surface area contributed by atoms with E-state index in [1.807, 2.05) is 0 Å². The number of hydrogen-bond acceptors (Lipinski definition) is 3. The number of rotatable bonds is 1. The molecule has 1 spiro atoms. The normalized spacial score (nSPS) is 41.5. The van der Waals surface area contributed by atoms with Crippen LogP contribution in [-0.4, -0.2) is 48.3 Å². The molecule has 0 aromatic heterocycles. The van der Waals surface area contributed by atoms with Gasteiger partial charge in [0.1, 0.15) is 0 Å². The second-order valence-corrected chi connectivity index (χ2v) is 4.68. The minimum atomic E-state index is 0.297. The lowest BCUT2D eigenvalue weighted by Gasteiger charge is -2.39. The Hall–Kier alpha value is -0.120. The summed E-state index contributed by atoms with van der Waals surface area (Å²) in [6, 6.07) is 0.353. The fraction of sp³-hybridized carbons (Fsp3) is 1.00. The highest BCUT2D eigenvalue weighted by molar-refractivity contribution is 5.01. The molecule has 2 atom stereocenters. The Morgan fingerprint density at radius 2 is 2.38 bits per heavy atom. The summed E-state index contributed by atoms with van der Waals surface area (Å²) in [5.41, 5.74) is 0.334. The topological polar surface area (TPSA) is 35.5 Å². The van der Waals surface area contributed by atoms with E-state index >= 15 is 0 Å². The van der Waals surface area contributed by atoms with Gasteiger partial charge in [-0.15, -0.1) is 0 Å². The Balaban J connectivity index is 1.97. The summed E-state index contributed by atoms with van der Waals surface area (Å²) in [6.45, 7) is 2.68. The van der Waals surface area contributed by atoms with Crippen molar-refractivity contribution in [1.82, 2.24) is 10.2 Å². The van der Waals surface area contributed by atoms with Crippen LogP contribution >= 0.6 is 0 Å².